The van der Waals surface area contributed by atoms with Gasteiger partial charge in [-0.25, -0.2) is 0 Å². The van der Waals surface area contributed by atoms with Gasteiger partial charge in [-0.05, 0) is 24.1 Å². The number of nitrogens with two attached hydrogens (primary N) is 1. The Hall–Kier alpha value is -1.67. The van der Waals surface area contributed by atoms with Crippen molar-refractivity contribution in [1.82, 2.24) is 0 Å². The summed E-state index contributed by atoms with van der Waals surface area (Å²) in [6.07, 6.45) is -0.405. The van der Waals surface area contributed by atoms with Crippen LogP contribution in [0.3, 0.4) is 0 Å². The molecule has 0 aromatic heterocycles. The molecule has 2 unspecified atom stereocenters. The van der Waals surface area contributed by atoms with E-state index < -0.39 is 19.1 Å². The number of carboxylic acids is 1. The van der Waals surface area contributed by atoms with Crippen LogP contribution in [0.5, 0.6) is 0 Å². The molecular formula is C12H15N2O4P. The van der Waals surface area contributed by atoms with Gasteiger partial charge in [0, 0.05) is 6.42 Å². The Labute approximate surface area is 110 Å². The van der Waals surface area contributed by atoms with Crippen molar-refractivity contribution in [2.24, 2.45) is 5.73 Å². The van der Waals surface area contributed by atoms with Gasteiger partial charge in [0.25, 0.3) is 0 Å². The van der Waals surface area contributed by atoms with Crippen LogP contribution in [0.2, 0.25) is 0 Å². The van der Waals surface area contributed by atoms with E-state index in [2.05, 4.69) is 0 Å². The fraction of sp³-hybridized carbons (Fsp3) is 0.333. The Kier molecular flexibility index (Phi) is 5.25. The van der Waals surface area contributed by atoms with E-state index in [1.54, 1.807) is 24.3 Å². The van der Waals surface area contributed by atoms with Crippen molar-refractivity contribution in [3.63, 3.8) is 0 Å². The highest BCUT2D eigenvalue weighted by atomic mass is 31.2. The van der Waals surface area contributed by atoms with Crippen molar-refractivity contribution < 1.29 is 19.4 Å². The molecule has 19 heavy (non-hydrogen) atoms. The molecule has 0 fully saturated rings. The van der Waals surface area contributed by atoms with Gasteiger partial charge < -0.3 is 15.7 Å². The van der Waals surface area contributed by atoms with E-state index in [-0.39, 0.29) is 19.0 Å². The summed E-state index contributed by atoms with van der Waals surface area (Å²) >= 11 is 0. The monoisotopic (exact) mass is 282 g/mol. The molecule has 0 saturated carbocycles. The Balaban J connectivity index is 2.69. The first-order valence-electron chi connectivity index (χ1n) is 5.63. The van der Waals surface area contributed by atoms with Crippen LogP contribution < -0.4 is 5.73 Å². The highest BCUT2D eigenvalue weighted by Gasteiger charge is 2.28. The van der Waals surface area contributed by atoms with Gasteiger partial charge in [0.1, 0.15) is 0 Å². The lowest BCUT2D eigenvalue weighted by Gasteiger charge is -2.18. The zero-order chi connectivity index (χ0) is 14.5. The van der Waals surface area contributed by atoms with E-state index in [1.165, 1.54) is 0 Å². The maximum Gasteiger partial charge on any atom is 0.303 e. The number of carbonyl (C=O) groups is 1. The minimum Gasteiger partial charge on any atom is -0.481 e. The van der Waals surface area contributed by atoms with Crippen LogP contribution in [0.25, 0.3) is 0 Å². The van der Waals surface area contributed by atoms with E-state index >= 15 is 0 Å². The SMILES string of the molecule is N#Cc1ccc(CP(=O)(O)C(N)CCC(=O)O)cc1. The number of carboxylic acid groups (broad SMARTS) is 1. The Morgan fingerprint density at radius 3 is 2.47 bits per heavy atom. The molecule has 6 nitrogen and oxygen atoms in total. The van der Waals surface area contributed by atoms with Gasteiger partial charge in [0.15, 0.2) is 0 Å². The van der Waals surface area contributed by atoms with Crippen LogP contribution in [0, 0.1) is 11.3 Å². The summed E-state index contributed by atoms with van der Waals surface area (Å²) in [7, 11) is -3.65. The number of nitriles is 1. The van der Waals surface area contributed by atoms with Gasteiger partial charge in [-0.1, -0.05) is 12.1 Å². The lowest BCUT2D eigenvalue weighted by Crippen LogP contribution is -2.22. The lowest BCUT2D eigenvalue weighted by atomic mass is 10.2. The molecule has 1 aromatic carbocycles. The maximum absolute atomic E-state index is 12.0. The third kappa shape index (κ3) is 4.84. The minimum atomic E-state index is -3.65. The third-order valence-corrected chi connectivity index (χ3v) is 4.78. The highest BCUT2D eigenvalue weighted by molar-refractivity contribution is 7.57. The fourth-order valence-corrected chi connectivity index (χ4v) is 3.04. The number of benzene rings is 1. The van der Waals surface area contributed by atoms with Crippen LogP contribution in [-0.4, -0.2) is 21.8 Å². The van der Waals surface area contributed by atoms with Crippen molar-refractivity contribution in [1.29, 1.82) is 5.26 Å². The Bertz CT molecular complexity index is 536. The third-order valence-electron chi connectivity index (χ3n) is 2.66. The predicted molar refractivity (Wildman–Crippen MR) is 69.5 cm³/mol. The number of hydrogen-bond acceptors (Lipinski definition) is 4. The molecular weight excluding hydrogens is 267 g/mol. The first-order chi connectivity index (χ1) is 8.85. The van der Waals surface area contributed by atoms with Crippen molar-refractivity contribution in [2.45, 2.75) is 24.8 Å². The first-order valence-corrected chi connectivity index (χ1v) is 7.54. The highest BCUT2D eigenvalue weighted by Crippen LogP contribution is 2.48. The quantitative estimate of drug-likeness (QED) is 0.679. The molecule has 7 heteroatoms. The van der Waals surface area contributed by atoms with Crippen LogP contribution in [-0.2, 0) is 15.5 Å². The van der Waals surface area contributed by atoms with Crippen molar-refractivity contribution in [3.05, 3.63) is 35.4 Å². The van der Waals surface area contributed by atoms with Gasteiger partial charge in [-0.3, -0.25) is 9.36 Å². The molecule has 102 valence electrons. The maximum atomic E-state index is 12.0. The molecule has 0 aliphatic carbocycles. The molecule has 0 bridgehead atoms. The average Bonchev–Trinajstić information content (AvgIpc) is 2.36. The lowest BCUT2D eigenvalue weighted by molar-refractivity contribution is -0.137. The van der Waals surface area contributed by atoms with Gasteiger partial charge >= 0.3 is 5.97 Å². The summed E-state index contributed by atoms with van der Waals surface area (Å²) in [5.41, 5.74) is 6.63. The molecule has 0 spiro atoms. The second kappa shape index (κ2) is 6.48. The molecule has 0 saturated heterocycles. The van der Waals surface area contributed by atoms with E-state index in [0.29, 0.717) is 11.1 Å². The number of aliphatic carboxylic acids is 1. The summed E-state index contributed by atoms with van der Waals surface area (Å²) in [5.74, 6) is -2.10. The van der Waals surface area contributed by atoms with E-state index in [0.717, 1.165) is 0 Å². The largest absolute Gasteiger partial charge is 0.481 e. The fourth-order valence-electron chi connectivity index (χ4n) is 1.54. The second-order valence-corrected chi connectivity index (χ2v) is 6.71. The summed E-state index contributed by atoms with van der Waals surface area (Å²) in [4.78, 5) is 20.3. The zero-order valence-corrected chi connectivity index (χ0v) is 11.1. The van der Waals surface area contributed by atoms with E-state index in [1.807, 2.05) is 6.07 Å². The zero-order valence-electron chi connectivity index (χ0n) is 10.2. The topological polar surface area (TPSA) is 124 Å². The van der Waals surface area contributed by atoms with Crippen molar-refractivity contribution >= 4 is 13.3 Å². The van der Waals surface area contributed by atoms with Gasteiger partial charge in [-0.15, -0.1) is 0 Å². The Morgan fingerprint density at radius 2 is 2.00 bits per heavy atom. The standard InChI is InChI=1S/C12H15N2O4P/c13-7-9-1-3-10(4-2-9)8-19(17,18)11(14)5-6-12(15)16/h1-4,11H,5-6,8,14H2,(H,15,16)(H,17,18). The first kappa shape index (κ1) is 15.4. The van der Waals surface area contributed by atoms with Gasteiger partial charge in [0.2, 0.25) is 7.37 Å². The van der Waals surface area contributed by atoms with Crippen molar-refractivity contribution in [3.8, 4) is 6.07 Å². The molecule has 2 atom stereocenters. The van der Waals surface area contributed by atoms with Crippen LogP contribution in [0.4, 0.5) is 0 Å². The van der Waals surface area contributed by atoms with E-state index in [9.17, 15) is 14.3 Å². The number of rotatable bonds is 6. The normalized spacial score (nSPS) is 15.2. The summed E-state index contributed by atoms with van der Waals surface area (Å²) in [6.45, 7) is 0. The molecule has 0 heterocycles. The summed E-state index contributed by atoms with van der Waals surface area (Å²) in [5, 5.41) is 17.2. The molecule has 4 N–H and O–H groups in total. The van der Waals surface area contributed by atoms with Crippen molar-refractivity contribution in [2.75, 3.05) is 0 Å². The molecule has 0 aliphatic heterocycles. The smallest absolute Gasteiger partial charge is 0.303 e. The van der Waals surface area contributed by atoms with E-state index in [4.69, 9.17) is 16.1 Å². The summed E-state index contributed by atoms with van der Waals surface area (Å²) < 4.78 is 12.0. The van der Waals surface area contributed by atoms with Crippen LogP contribution in [0.1, 0.15) is 24.0 Å². The summed E-state index contributed by atoms with van der Waals surface area (Å²) in [6, 6.07) is 8.24. The minimum absolute atomic E-state index is 0.0423. The van der Waals surface area contributed by atoms with Gasteiger partial charge in [0.05, 0.1) is 23.6 Å². The Morgan fingerprint density at radius 1 is 1.42 bits per heavy atom. The average molecular weight is 282 g/mol. The molecule has 0 aliphatic rings. The molecule has 0 radical (unpaired) electrons. The molecule has 1 aromatic rings. The predicted octanol–water partition coefficient (Wildman–Crippen LogP) is 1.48. The van der Waals surface area contributed by atoms with Gasteiger partial charge in [-0.2, -0.15) is 5.26 Å². The number of nitrogens with zero attached hydrogens (tertiary/aromatic N) is 1. The molecule has 0 amide bonds. The van der Waals surface area contributed by atoms with Crippen LogP contribution >= 0.6 is 7.37 Å². The number of hydrogen-bond donors (Lipinski definition) is 3. The molecule has 1 rings (SSSR count). The van der Waals surface area contributed by atoms with Crippen LogP contribution in [0.15, 0.2) is 24.3 Å². The second-order valence-electron chi connectivity index (χ2n) is 4.22.